The molecule has 3 aromatic rings. The van der Waals surface area contributed by atoms with Crippen LogP contribution in [0.5, 0.6) is 5.75 Å². The molecule has 0 radical (unpaired) electrons. The van der Waals surface area contributed by atoms with Gasteiger partial charge in [-0.2, -0.15) is 0 Å². The number of hydrogen-bond acceptors (Lipinski definition) is 2. The second kappa shape index (κ2) is 6.12. The summed E-state index contributed by atoms with van der Waals surface area (Å²) in [6, 6.07) is 18.8. The van der Waals surface area contributed by atoms with Gasteiger partial charge < -0.3 is 10.0 Å². The summed E-state index contributed by atoms with van der Waals surface area (Å²) in [5.41, 5.74) is 3.74. The number of likely N-dealkylation sites (N-methyl/N-ethyl adjacent to an activating group) is 1. The third-order valence-corrected chi connectivity index (χ3v) is 5.34. The molecule has 1 heterocycles. The van der Waals surface area contributed by atoms with Gasteiger partial charge in [0.2, 0.25) is 0 Å². The Morgan fingerprint density at radius 3 is 2.71 bits per heavy atom. The summed E-state index contributed by atoms with van der Waals surface area (Å²) in [5.74, 6) is 0.395. The molecule has 0 saturated carbocycles. The minimum atomic E-state index is 0.171. The lowest BCUT2D eigenvalue weighted by Crippen LogP contribution is -2.24. The number of nitrogens with zero attached hydrogens (tertiary/aromatic N) is 1. The average molecular weight is 338 g/mol. The second-order valence-corrected chi connectivity index (χ2v) is 7.04. The Hall–Kier alpha value is -2.03. The highest BCUT2D eigenvalue weighted by molar-refractivity contribution is 6.32. The van der Waals surface area contributed by atoms with E-state index in [0.29, 0.717) is 5.02 Å². The van der Waals surface area contributed by atoms with Crippen molar-refractivity contribution >= 4 is 22.4 Å². The molecule has 1 unspecified atom stereocenters. The smallest absolute Gasteiger partial charge is 0.134 e. The Labute approximate surface area is 147 Å². The maximum Gasteiger partial charge on any atom is 0.134 e. The van der Waals surface area contributed by atoms with Crippen LogP contribution in [0.4, 0.5) is 0 Å². The van der Waals surface area contributed by atoms with Gasteiger partial charge in [0.1, 0.15) is 5.75 Å². The number of benzene rings is 3. The van der Waals surface area contributed by atoms with Crippen LogP contribution in [0.3, 0.4) is 0 Å². The van der Waals surface area contributed by atoms with Gasteiger partial charge in [0, 0.05) is 19.0 Å². The first kappa shape index (κ1) is 15.5. The van der Waals surface area contributed by atoms with E-state index in [0.717, 1.165) is 19.5 Å². The van der Waals surface area contributed by atoms with Gasteiger partial charge in [-0.05, 0) is 53.1 Å². The van der Waals surface area contributed by atoms with Gasteiger partial charge in [0.05, 0.1) is 5.02 Å². The van der Waals surface area contributed by atoms with Crippen molar-refractivity contribution < 1.29 is 5.11 Å². The molecule has 1 atom stereocenters. The minimum Gasteiger partial charge on any atom is -0.506 e. The van der Waals surface area contributed by atoms with Gasteiger partial charge in [0.25, 0.3) is 0 Å². The van der Waals surface area contributed by atoms with E-state index in [4.69, 9.17) is 11.6 Å². The highest BCUT2D eigenvalue weighted by Gasteiger charge is 2.25. The van der Waals surface area contributed by atoms with Crippen molar-refractivity contribution in [2.45, 2.75) is 12.3 Å². The van der Waals surface area contributed by atoms with Gasteiger partial charge in [-0.25, -0.2) is 0 Å². The molecule has 0 fully saturated rings. The predicted molar refractivity (Wildman–Crippen MR) is 100 cm³/mol. The molecular weight excluding hydrogens is 318 g/mol. The molecule has 0 amide bonds. The summed E-state index contributed by atoms with van der Waals surface area (Å²) in [5, 5.41) is 13.1. The Balaban J connectivity index is 1.95. The fraction of sp³-hybridized carbons (Fsp3) is 0.238. The molecule has 122 valence electrons. The van der Waals surface area contributed by atoms with Crippen LogP contribution in [0.1, 0.15) is 22.6 Å². The normalized spacial score (nSPS) is 18.3. The summed E-state index contributed by atoms with van der Waals surface area (Å²) in [6.45, 7) is 1.93. The summed E-state index contributed by atoms with van der Waals surface area (Å²) >= 11 is 6.16. The molecule has 4 rings (SSSR count). The van der Waals surface area contributed by atoms with E-state index in [9.17, 15) is 5.11 Å². The highest BCUT2D eigenvalue weighted by Crippen LogP contribution is 2.38. The maximum absolute atomic E-state index is 10.2. The van der Waals surface area contributed by atoms with Crippen LogP contribution in [0.2, 0.25) is 5.02 Å². The predicted octanol–water partition coefficient (Wildman–Crippen LogP) is 4.82. The Morgan fingerprint density at radius 1 is 1.04 bits per heavy atom. The van der Waals surface area contributed by atoms with Crippen LogP contribution in [0, 0.1) is 0 Å². The second-order valence-electron chi connectivity index (χ2n) is 6.64. The molecule has 1 aliphatic rings. The minimum absolute atomic E-state index is 0.171. The highest BCUT2D eigenvalue weighted by atomic mass is 35.5. The van der Waals surface area contributed by atoms with Crippen molar-refractivity contribution in [1.82, 2.24) is 4.90 Å². The molecule has 0 bridgehead atoms. The van der Waals surface area contributed by atoms with Crippen LogP contribution >= 0.6 is 11.6 Å². The van der Waals surface area contributed by atoms with E-state index in [1.165, 1.54) is 27.5 Å². The lowest BCUT2D eigenvalue weighted by molar-refractivity contribution is 0.338. The third-order valence-electron chi connectivity index (χ3n) is 5.04. The molecule has 3 aromatic carbocycles. The molecular formula is C21H20ClNO. The van der Waals surface area contributed by atoms with E-state index < -0.39 is 0 Å². The van der Waals surface area contributed by atoms with Crippen molar-refractivity contribution in [2.24, 2.45) is 0 Å². The Bertz CT molecular complexity index is 900. The topological polar surface area (TPSA) is 23.5 Å². The number of halogens is 1. The Kier molecular flexibility index (Phi) is 3.95. The van der Waals surface area contributed by atoms with Crippen molar-refractivity contribution in [2.75, 3.05) is 20.1 Å². The quantitative estimate of drug-likeness (QED) is 0.688. The molecule has 24 heavy (non-hydrogen) atoms. The van der Waals surface area contributed by atoms with Crippen LogP contribution in [-0.4, -0.2) is 30.1 Å². The first-order chi connectivity index (χ1) is 11.6. The Morgan fingerprint density at radius 2 is 1.83 bits per heavy atom. The molecule has 2 nitrogen and oxygen atoms in total. The summed E-state index contributed by atoms with van der Waals surface area (Å²) in [6.07, 6.45) is 0.951. The van der Waals surface area contributed by atoms with Crippen molar-refractivity contribution in [3.63, 3.8) is 0 Å². The fourth-order valence-electron chi connectivity index (χ4n) is 3.79. The largest absolute Gasteiger partial charge is 0.506 e. The molecule has 0 aliphatic carbocycles. The summed E-state index contributed by atoms with van der Waals surface area (Å²) in [4.78, 5) is 2.36. The number of phenols is 1. The van der Waals surface area contributed by atoms with E-state index in [-0.39, 0.29) is 11.7 Å². The van der Waals surface area contributed by atoms with Gasteiger partial charge in [-0.1, -0.05) is 54.1 Å². The number of aromatic hydroxyl groups is 1. The van der Waals surface area contributed by atoms with Crippen molar-refractivity contribution in [3.05, 3.63) is 76.3 Å². The molecule has 1 aliphatic heterocycles. The average Bonchev–Trinajstić information content (AvgIpc) is 2.74. The van der Waals surface area contributed by atoms with Crippen molar-refractivity contribution in [3.8, 4) is 5.75 Å². The SMILES string of the molecule is CN1CCc2cc(Cl)c(O)cc2C(c2cccc3ccccc23)C1. The molecule has 0 aromatic heterocycles. The van der Waals surface area contributed by atoms with Crippen LogP contribution in [-0.2, 0) is 6.42 Å². The fourth-order valence-corrected chi connectivity index (χ4v) is 3.98. The molecule has 3 heteroatoms. The lowest BCUT2D eigenvalue weighted by atomic mass is 9.85. The zero-order valence-corrected chi connectivity index (χ0v) is 14.4. The zero-order valence-electron chi connectivity index (χ0n) is 13.7. The van der Waals surface area contributed by atoms with Gasteiger partial charge in [-0.15, -0.1) is 0 Å². The number of hydrogen-bond donors (Lipinski definition) is 1. The number of fused-ring (bicyclic) bond motifs is 2. The van der Waals surface area contributed by atoms with Gasteiger partial charge >= 0.3 is 0 Å². The first-order valence-electron chi connectivity index (χ1n) is 8.31. The number of rotatable bonds is 1. The summed E-state index contributed by atoms with van der Waals surface area (Å²) in [7, 11) is 2.16. The number of phenolic OH excluding ortho intramolecular Hbond substituents is 1. The van der Waals surface area contributed by atoms with E-state index in [1.54, 1.807) is 0 Å². The summed E-state index contributed by atoms with van der Waals surface area (Å²) < 4.78 is 0. The third kappa shape index (κ3) is 2.66. The zero-order chi connectivity index (χ0) is 16.7. The standard InChI is InChI=1S/C21H20ClNO/c1-23-10-9-15-11-20(22)21(24)12-18(15)19(13-23)17-8-4-6-14-5-2-3-7-16(14)17/h2-8,11-12,19,24H,9-10,13H2,1H3. The van der Waals surface area contributed by atoms with Gasteiger partial charge in [0.15, 0.2) is 0 Å². The van der Waals surface area contributed by atoms with E-state index >= 15 is 0 Å². The van der Waals surface area contributed by atoms with Crippen molar-refractivity contribution in [1.29, 1.82) is 0 Å². The van der Waals surface area contributed by atoms with E-state index in [2.05, 4.69) is 54.4 Å². The molecule has 0 saturated heterocycles. The monoisotopic (exact) mass is 337 g/mol. The van der Waals surface area contributed by atoms with Crippen LogP contribution in [0.15, 0.2) is 54.6 Å². The van der Waals surface area contributed by atoms with Gasteiger partial charge in [-0.3, -0.25) is 0 Å². The maximum atomic E-state index is 10.2. The first-order valence-corrected chi connectivity index (χ1v) is 8.69. The lowest BCUT2D eigenvalue weighted by Gasteiger charge is -2.23. The van der Waals surface area contributed by atoms with Crippen LogP contribution < -0.4 is 0 Å². The molecule has 1 N–H and O–H groups in total. The van der Waals surface area contributed by atoms with Crippen LogP contribution in [0.25, 0.3) is 10.8 Å². The van der Waals surface area contributed by atoms with E-state index in [1.807, 2.05) is 12.1 Å². The molecule has 0 spiro atoms.